The summed E-state index contributed by atoms with van der Waals surface area (Å²) in [5.74, 6) is -0.515. The van der Waals surface area contributed by atoms with Gasteiger partial charge in [0.2, 0.25) is 24.2 Å². The van der Waals surface area contributed by atoms with Crippen molar-refractivity contribution in [2.24, 2.45) is 11.3 Å². The zero-order valence-electron chi connectivity index (χ0n) is 19.9. The monoisotopic (exact) mass is 480 g/mol. The lowest BCUT2D eigenvalue weighted by Gasteiger charge is -2.29. The molecule has 186 valence electrons. The summed E-state index contributed by atoms with van der Waals surface area (Å²) in [6.07, 6.45) is 8.44. The van der Waals surface area contributed by atoms with Crippen molar-refractivity contribution in [2.75, 3.05) is 23.7 Å². The van der Waals surface area contributed by atoms with E-state index in [1.165, 1.54) is 0 Å². The van der Waals surface area contributed by atoms with E-state index in [1.807, 2.05) is 19.1 Å². The Hall–Kier alpha value is -3.53. The number of aromatic nitrogens is 2. The molecule has 3 amide bonds. The molecular weight excluding hydrogens is 448 g/mol. The van der Waals surface area contributed by atoms with Gasteiger partial charge >= 0.3 is 0 Å². The molecule has 1 aliphatic carbocycles. The Balaban J connectivity index is 1.47. The normalized spacial score (nSPS) is 18.7. The summed E-state index contributed by atoms with van der Waals surface area (Å²) in [6, 6.07) is 8.39. The Bertz CT molecular complexity index is 1050. The lowest BCUT2D eigenvalue weighted by molar-refractivity contribution is -0.157. The zero-order chi connectivity index (χ0) is 24.8. The topological polar surface area (TPSA) is 128 Å². The van der Waals surface area contributed by atoms with Crippen molar-refractivity contribution in [3.8, 4) is 0 Å². The highest BCUT2D eigenvalue weighted by atomic mass is 16.5. The maximum atomic E-state index is 13.5. The first-order valence-electron chi connectivity index (χ1n) is 12.1. The Morgan fingerprint density at radius 1 is 1.26 bits per heavy atom. The molecule has 2 atom stereocenters. The molecule has 1 saturated carbocycles. The number of likely N-dealkylation sites (tertiary alicyclic amines) is 1. The Kier molecular flexibility index (Phi) is 7.60. The van der Waals surface area contributed by atoms with Crippen LogP contribution in [-0.2, 0) is 14.4 Å². The van der Waals surface area contributed by atoms with Crippen molar-refractivity contribution < 1.29 is 19.6 Å². The molecule has 3 N–H and O–H groups in total. The highest BCUT2D eigenvalue weighted by molar-refractivity contribution is 5.98. The predicted molar refractivity (Wildman–Crippen MR) is 130 cm³/mol. The number of unbranched alkanes of at least 4 members (excludes halogenated alkanes) is 1. The van der Waals surface area contributed by atoms with Crippen LogP contribution in [0.1, 0.15) is 45.4 Å². The quantitative estimate of drug-likeness (QED) is 0.256. The fourth-order valence-electron chi connectivity index (χ4n) is 4.70. The molecule has 1 saturated heterocycles. The molecule has 10 nitrogen and oxygen atoms in total. The van der Waals surface area contributed by atoms with Crippen LogP contribution in [-0.4, -0.2) is 62.5 Å². The lowest BCUT2D eigenvalue weighted by atomic mass is 9.99. The van der Waals surface area contributed by atoms with E-state index in [1.54, 1.807) is 35.5 Å². The first-order chi connectivity index (χ1) is 16.9. The minimum absolute atomic E-state index is 0.00455. The summed E-state index contributed by atoms with van der Waals surface area (Å²) in [5.41, 5.74) is 1.33. The average molecular weight is 481 g/mol. The van der Waals surface area contributed by atoms with Gasteiger partial charge in [-0.15, -0.1) is 0 Å². The van der Waals surface area contributed by atoms with E-state index in [2.05, 4.69) is 20.6 Å². The van der Waals surface area contributed by atoms with Crippen LogP contribution in [0.3, 0.4) is 0 Å². The zero-order valence-corrected chi connectivity index (χ0v) is 19.9. The van der Waals surface area contributed by atoms with Crippen LogP contribution in [0.25, 0.3) is 0 Å². The van der Waals surface area contributed by atoms with Gasteiger partial charge in [-0.2, -0.15) is 0 Å². The minimum Gasteiger partial charge on any atom is -0.330 e. The molecule has 10 heteroatoms. The molecule has 1 aromatic heterocycles. The second-order valence-corrected chi connectivity index (χ2v) is 9.52. The summed E-state index contributed by atoms with van der Waals surface area (Å²) in [7, 11) is 0. The molecule has 35 heavy (non-hydrogen) atoms. The number of carbonyl (C=O) groups is 3. The van der Waals surface area contributed by atoms with E-state index < -0.39 is 12.0 Å². The SMILES string of the molecule is CCCC[C@H](CN(O)C=O)C(=O)N1CC2(CC2)C[C@H]1C(=O)Nc1cccc(Nc2ncccn2)c1. The standard InChI is InChI=1S/C25H32N6O4/c1-2-3-6-18(15-30(35)17-32)23(34)31-16-25(9-10-25)14-21(31)22(33)28-19-7-4-8-20(13-19)29-24-26-11-5-12-27-24/h4-5,7-8,11-13,17-18,21,35H,2-3,6,9-10,14-16H2,1H3,(H,28,33)(H,26,27,29)/t18-,21+/m1/s1. The molecular formula is C25H32N6O4. The van der Waals surface area contributed by atoms with Crippen molar-refractivity contribution in [1.82, 2.24) is 19.9 Å². The fourth-order valence-corrected chi connectivity index (χ4v) is 4.70. The first kappa shape index (κ1) is 24.6. The van der Waals surface area contributed by atoms with Gasteiger partial charge in [0.25, 0.3) is 0 Å². The van der Waals surface area contributed by atoms with Crippen LogP contribution in [0.4, 0.5) is 17.3 Å². The highest BCUT2D eigenvalue weighted by Crippen LogP contribution is 2.55. The Morgan fingerprint density at radius 3 is 2.69 bits per heavy atom. The van der Waals surface area contributed by atoms with E-state index in [-0.39, 0.29) is 23.8 Å². The number of amides is 3. The number of hydroxylamine groups is 2. The number of rotatable bonds is 11. The molecule has 1 spiro atoms. The van der Waals surface area contributed by atoms with Gasteiger partial charge in [-0.25, -0.2) is 15.0 Å². The molecule has 0 unspecified atom stereocenters. The summed E-state index contributed by atoms with van der Waals surface area (Å²) >= 11 is 0. The number of nitrogens with zero attached hydrogens (tertiary/aromatic N) is 4. The maximum absolute atomic E-state index is 13.5. The van der Waals surface area contributed by atoms with Gasteiger partial charge in [-0.1, -0.05) is 25.8 Å². The predicted octanol–water partition coefficient (Wildman–Crippen LogP) is 3.19. The van der Waals surface area contributed by atoms with Crippen LogP contribution < -0.4 is 10.6 Å². The number of benzene rings is 1. The third kappa shape index (κ3) is 6.13. The van der Waals surface area contributed by atoms with Gasteiger partial charge in [-0.05, 0) is 55.4 Å². The molecule has 2 aromatic rings. The molecule has 0 radical (unpaired) electrons. The van der Waals surface area contributed by atoms with E-state index >= 15 is 0 Å². The van der Waals surface area contributed by atoms with Crippen molar-refractivity contribution in [3.63, 3.8) is 0 Å². The van der Waals surface area contributed by atoms with Crippen LogP contribution in [0.2, 0.25) is 0 Å². The van der Waals surface area contributed by atoms with Gasteiger partial charge in [0.15, 0.2) is 0 Å². The van der Waals surface area contributed by atoms with E-state index in [9.17, 15) is 19.6 Å². The van der Waals surface area contributed by atoms with E-state index in [4.69, 9.17) is 0 Å². The van der Waals surface area contributed by atoms with Crippen molar-refractivity contribution in [2.45, 2.75) is 51.5 Å². The average Bonchev–Trinajstić information content (AvgIpc) is 3.51. The number of hydrogen-bond donors (Lipinski definition) is 3. The van der Waals surface area contributed by atoms with Crippen molar-refractivity contribution in [1.29, 1.82) is 0 Å². The van der Waals surface area contributed by atoms with E-state index in [0.29, 0.717) is 42.5 Å². The van der Waals surface area contributed by atoms with Gasteiger partial charge in [0.1, 0.15) is 6.04 Å². The summed E-state index contributed by atoms with van der Waals surface area (Å²) in [5, 5.41) is 16.3. The van der Waals surface area contributed by atoms with Crippen molar-refractivity contribution >= 4 is 35.5 Å². The summed E-state index contributed by atoms with van der Waals surface area (Å²) in [4.78, 5) is 47.8. The molecule has 2 heterocycles. The largest absolute Gasteiger partial charge is 0.330 e. The van der Waals surface area contributed by atoms with Gasteiger partial charge < -0.3 is 15.5 Å². The van der Waals surface area contributed by atoms with Crippen LogP contribution in [0.15, 0.2) is 42.7 Å². The number of carbonyl (C=O) groups excluding carboxylic acids is 3. The maximum Gasteiger partial charge on any atom is 0.247 e. The fraction of sp³-hybridized carbons (Fsp3) is 0.480. The van der Waals surface area contributed by atoms with Gasteiger partial charge in [0, 0.05) is 30.3 Å². The van der Waals surface area contributed by atoms with Gasteiger partial charge in [0.05, 0.1) is 12.5 Å². The molecule has 1 aromatic carbocycles. The second kappa shape index (κ2) is 10.8. The number of anilines is 3. The first-order valence-corrected chi connectivity index (χ1v) is 12.1. The summed E-state index contributed by atoms with van der Waals surface area (Å²) in [6.45, 7) is 2.48. The smallest absolute Gasteiger partial charge is 0.247 e. The third-order valence-corrected chi connectivity index (χ3v) is 6.79. The highest BCUT2D eigenvalue weighted by Gasteiger charge is 2.55. The van der Waals surface area contributed by atoms with Gasteiger partial charge in [-0.3, -0.25) is 19.6 Å². The minimum atomic E-state index is -0.591. The number of nitrogens with one attached hydrogen (secondary N) is 2. The second-order valence-electron chi connectivity index (χ2n) is 9.52. The molecule has 0 bridgehead atoms. The van der Waals surface area contributed by atoms with Crippen LogP contribution in [0, 0.1) is 11.3 Å². The van der Waals surface area contributed by atoms with Crippen LogP contribution in [0.5, 0.6) is 0 Å². The van der Waals surface area contributed by atoms with Crippen LogP contribution >= 0.6 is 0 Å². The molecule has 4 rings (SSSR count). The third-order valence-electron chi connectivity index (χ3n) is 6.79. The number of hydrogen-bond acceptors (Lipinski definition) is 7. The summed E-state index contributed by atoms with van der Waals surface area (Å²) < 4.78 is 0. The molecule has 2 aliphatic rings. The lowest BCUT2D eigenvalue weighted by Crippen LogP contribution is -2.47. The van der Waals surface area contributed by atoms with Crippen molar-refractivity contribution in [3.05, 3.63) is 42.7 Å². The molecule has 2 fully saturated rings. The van der Waals surface area contributed by atoms with E-state index in [0.717, 1.165) is 31.4 Å². The molecule has 1 aliphatic heterocycles. The Morgan fingerprint density at radius 2 is 2.00 bits per heavy atom. The Labute approximate surface area is 204 Å².